The summed E-state index contributed by atoms with van der Waals surface area (Å²) in [7, 11) is 0. The van der Waals surface area contributed by atoms with E-state index in [-0.39, 0.29) is 24.8 Å². The van der Waals surface area contributed by atoms with E-state index in [1.807, 2.05) is 18.2 Å². The van der Waals surface area contributed by atoms with Gasteiger partial charge in [0.15, 0.2) is 5.96 Å². The molecule has 15 heavy (non-hydrogen) atoms. The Balaban J connectivity index is 0.000000980. The van der Waals surface area contributed by atoms with Gasteiger partial charge in [0.05, 0.1) is 6.04 Å². The second kappa shape index (κ2) is 6.53. The van der Waals surface area contributed by atoms with E-state index in [4.69, 9.17) is 5.73 Å². The van der Waals surface area contributed by atoms with Gasteiger partial charge in [0.25, 0.3) is 0 Å². The topological polar surface area (TPSA) is 50.4 Å². The number of aliphatic imine (C=N–C) groups is 1. The van der Waals surface area contributed by atoms with Crippen LogP contribution in [0, 0.1) is 0 Å². The fraction of sp³-hybridized carbons (Fsp3) is 0.300. The number of benzene rings is 1. The maximum atomic E-state index is 5.60. The van der Waals surface area contributed by atoms with E-state index in [0.29, 0.717) is 12.0 Å². The first kappa shape index (κ1) is 14.1. The zero-order chi connectivity index (χ0) is 9.10. The summed E-state index contributed by atoms with van der Waals surface area (Å²) in [4.78, 5) is 4.09. The van der Waals surface area contributed by atoms with Gasteiger partial charge in [0.2, 0.25) is 0 Å². The quantitative estimate of drug-likeness (QED) is 0.797. The monoisotopic (exact) mass is 247 g/mol. The molecule has 0 saturated heterocycles. The van der Waals surface area contributed by atoms with Crippen LogP contribution in [0.3, 0.4) is 0 Å². The van der Waals surface area contributed by atoms with Crippen molar-refractivity contribution in [2.45, 2.75) is 12.5 Å². The highest BCUT2D eigenvalue weighted by Gasteiger charge is 2.14. The van der Waals surface area contributed by atoms with Crippen LogP contribution < -0.4 is 11.1 Å². The van der Waals surface area contributed by atoms with Crippen molar-refractivity contribution < 1.29 is 0 Å². The summed E-state index contributed by atoms with van der Waals surface area (Å²) in [5.41, 5.74) is 6.88. The lowest BCUT2D eigenvalue weighted by atomic mass is 10.0. The highest BCUT2D eigenvalue weighted by molar-refractivity contribution is 5.85. The van der Waals surface area contributed by atoms with Gasteiger partial charge in [-0.2, -0.15) is 0 Å². The van der Waals surface area contributed by atoms with Gasteiger partial charge in [-0.1, -0.05) is 30.3 Å². The molecule has 2 rings (SSSR count). The van der Waals surface area contributed by atoms with Crippen LogP contribution in [-0.2, 0) is 0 Å². The van der Waals surface area contributed by atoms with E-state index in [1.165, 1.54) is 5.56 Å². The average Bonchev–Trinajstić information content (AvgIpc) is 2.19. The van der Waals surface area contributed by atoms with E-state index in [9.17, 15) is 0 Å². The summed E-state index contributed by atoms with van der Waals surface area (Å²) in [6.07, 6.45) is 1.02. The molecule has 3 N–H and O–H groups in total. The average molecular weight is 248 g/mol. The minimum Gasteiger partial charge on any atom is -0.370 e. The number of guanidine groups is 1. The van der Waals surface area contributed by atoms with Crippen LogP contribution in [0.1, 0.15) is 18.0 Å². The standard InChI is InChI=1S/C10H13N3.2ClH/c11-10-12-7-6-9(13-10)8-4-2-1-3-5-8;;/h1-5,9H,6-7H2,(H3,11,12,13);2*1H. The van der Waals surface area contributed by atoms with E-state index >= 15 is 0 Å². The number of rotatable bonds is 1. The molecule has 1 aromatic rings. The number of hydrogen-bond donors (Lipinski definition) is 2. The van der Waals surface area contributed by atoms with Crippen molar-refractivity contribution >= 4 is 30.8 Å². The zero-order valence-electron chi connectivity index (χ0n) is 8.22. The Morgan fingerprint density at radius 2 is 1.87 bits per heavy atom. The third kappa shape index (κ3) is 3.61. The van der Waals surface area contributed by atoms with Gasteiger partial charge in [-0.05, 0) is 12.0 Å². The molecule has 0 amide bonds. The lowest BCUT2D eigenvalue weighted by Gasteiger charge is -2.22. The smallest absolute Gasteiger partial charge is 0.189 e. The largest absolute Gasteiger partial charge is 0.370 e. The van der Waals surface area contributed by atoms with Gasteiger partial charge < -0.3 is 11.1 Å². The molecule has 1 aliphatic rings. The molecule has 1 heterocycles. The van der Waals surface area contributed by atoms with Crippen molar-refractivity contribution in [3.8, 4) is 0 Å². The van der Waals surface area contributed by atoms with Crippen LogP contribution in [0.5, 0.6) is 0 Å². The van der Waals surface area contributed by atoms with Crippen LogP contribution in [0.4, 0.5) is 0 Å². The van der Waals surface area contributed by atoms with Gasteiger partial charge in [-0.15, -0.1) is 24.8 Å². The van der Waals surface area contributed by atoms with Crippen molar-refractivity contribution in [3.05, 3.63) is 35.9 Å². The molecule has 0 saturated carbocycles. The number of halogens is 2. The Labute approximate surface area is 102 Å². The van der Waals surface area contributed by atoms with Crippen molar-refractivity contribution in [1.29, 1.82) is 0 Å². The van der Waals surface area contributed by atoms with E-state index in [0.717, 1.165) is 13.0 Å². The van der Waals surface area contributed by atoms with Gasteiger partial charge in [-0.25, -0.2) is 0 Å². The second-order valence-electron chi connectivity index (χ2n) is 3.16. The minimum atomic E-state index is 0. The first-order valence-corrected chi connectivity index (χ1v) is 4.47. The van der Waals surface area contributed by atoms with Gasteiger partial charge in [0.1, 0.15) is 0 Å². The predicted octanol–water partition coefficient (Wildman–Crippen LogP) is 1.88. The van der Waals surface area contributed by atoms with Crippen molar-refractivity contribution in [1.82, 2.24) is 5.32 Å². The maximum absolute atomic E-state index is 5.60. The summed E-state index contributed by atoms with van der Waals surface area (Å²) >= 11 is 0. The molecule has 1 unspecified atom stereocenters. The summed E-state index contributed by atoms with van der Waals surface area (Å²) < 4.78 is 0. The molecule has 0 fully saturated rings. The molecule has 1 aliphatic heterocycles. The molecule has 1 atom stereocenters. The Kier molecular flexibility index (Phi) is 6.13. The summed E-state index contributed by atoms with van der Waals surface area (Å²) in [5, 5.41) is 3.16. The van der Waals surface area contributed by atoms with Crippen LogP contribution >= 0.6 is 24.8 Å². The number of hydrogen-bond acceptors (Lipinski definition) is 3. The number of nitrogens with one attached hydrogen (secondary N) is 1. The molecule has 0 bridgehead atoms. The first-order chi connectivity index (χ1) is 6.36. The highest BCUT2D eigenvalue weighted by Crippen LogP contribution is 2.17. The summed E-state index contributed by atoms with van der Waals surface area (Å²) in [6.45, 7) is 0.818. The molecule has 5 heteroatoms. The van der Waals surface area contributed by atoms with Crippen LogP contribution in [0.15, 0.2) is 35.3 Å². The van der Waals surface area contributed by atoms with Crippen LogP contribution in [0.2, 0.25) is 0 Å². The fourth-order valence-electron chi connectivity index (χ4n) is 1.55. The van der Waals surface area contributed by atoms with Crippen LogP contribution in [0.25, 0.3) is 0 Å². The Bertz CT molecular complexity index is 314. The van der Waals surface area contributed by atoms with Gasteiger partial charge in [-0.3, -0.25) is 4.99 Å². The summed E-state index contributed by atoms with van der Waals surface area (Å²) in [5.74, 6) is 0.556. The fourth-order valence-corrected chi connectivity index (χ4v) is 1.55. The van der Waals surface area contributed by atoms with E-state index < -0.39 is 0 Å². The Morgan fingerprint density at radius 1 is 1.20 bits per heavy atom. The normalized spacial score (nSPS) is 18.9. The van der Waals surface area contributed by atoms with Crippen molar-refractivity contribution in [3.63, 3.8) is 0 Å². The lowest BCUT2D eigenvalue weighted by molar-refractivity contribution is 0.568. The van der Waals surface area contributed by atoms with Crippen molar-refractivity contribution in [2.24, 2.45) is 10.7 Å². The van der Waals surface area contributed by atoms with Gasteiger partial charge in [0, 0.05) is 6.54 Å². The molecule has 0 aromatic heterocycles. The molecular formula is C10H15Cl2N3. The van der Waals surface area contributed by atoms with Crippen LogP contribution in [-0.4, -0.2) is 12.5 Å². The number of nitrogens with two attached hydrogens (primary N) is 1. The zero-order valence-corrected chi connectivity index (χ0v) is 9.85. The maximum Gasteiger partial charge on any atom is 0.189 e. The Morgan fingerprint density at radius 3 is 2.47 bits per heavy atom. The predicted molar refractivity (Wildman–Crippen MR) is 67.9 cm³/mol. The number of nitrogens with zero attached hydrogens (tertiary/aromatic N) is 1. The third-order valence-electron chi connectivity index (χ3n) is 2.22. The molecule has 1 aromatic carbocycles. The second-order valence-corrected chi connectivity index (χ2v) is 3.16. The van der Waals surface area contributed by atoms with E-state index in [2.05, 4.69) is 22.4 Å². The molecule has 0 radical (unpaired) electrons. The third-order valence-corrected chi connectivity index (χ3v) is 2.22. The van der Waals surface area contributed by atoms with Gasteiger partial charge >= 0.3 is 0 Å². The Hall–Kier alpha value is -0.930. The molecular weight excluding hydrogens is 233 g/mol. The van der Waals surface area contributed by atoms with E-state index in [1.54, 1.807) is 0 Å². The highest BCUT2D eigenvalue weighted by atomic mass is 35.5. The lowest BCUT2D eigenvalue weighted by Crippen LogP contribution is -2.38. The minimum absolute atomic E-state index is 0. The molecule has 84 valence electrons. The summed E-state index contributed by atoms with van der Waals surface area (Å²) in [6, 6.07) is 10.6. The molecule has 0 aliphatic carbocycles. The first-order valence-electron chi connectivity index (χ1n) is 4.47. The SMILES string of the molecule is Cl.Cl.NC1=NCCC(c2ccccc2)N1. The molecule has 3 nitrogen and oxygen atoms in total. The van der Waals surface area contributed by atoms with Crippen molar-refractivity contribution in [2.75, 3.05) is 6.54 Å². The molecule has 0 spiro atoms.